The van der Waals surface area contributed by atoms with E-state index in [1.807, 2.05) is 24.3 Å². The molecule has 0 spiro atoms. The van der Waals surface area contributed by atoms with Crippen LogP contribution >= 0.6 is 0 Å². The molecule has 16 heavy (non-hydrogen) atoms. The minimum atomic E-state index is 0.169. The summed E-state index contributed by atoms with van der Waals surface area (Å²) in [5, 5.41) is 12.4. The first-order chi connectivity index (χ1) is 7.90. The van der Waals surface area contributed by atoms with Gasteiger partial charge in [-0.15, -0.1) is 0 Å². The lowest BCUT2D eigenvalue weighted by atomic mass is 10.1. The van der Waals surface area contributed by atoms with Crippen molar-refractivity contribution in [2.75, 3.05) is 19.8 Å². The van der Waals surface area contributed by atoms with Gasteiger partial charge in [0.1, 0.15) is 12.4 Å². The van der Waals surface area contributed by atoms with E-state index >= 15 is 0 Å². The van der Waals surface area contributed by atoms with Gasteiger partial charge >= 0.3 is 0 Å². The molecule has 88 valence electrons. The van der Waals surface area contributed by atoms with Crippen LogP contribution in [0.5, 0.6) is 5.75 Å². The Balaban J connectivity index is 1.91. The molecule has 3 nitrogen and oxygen atoms in total. The zero-order valence-corrected chi connectivity index (χ0v) is 9.48. The molecule has 1 unspecified atom stereocenters. The van der Waals surface area contributed by atoms with E-state index in [9.17, 15) is 0 Å². The van der Waals surface area contributed by atoms with E-state index in [0.717, 1.165) is 24.5 Å². The fraction of sp³-hybridized carbons (Fsp3) is 0.538. The quantitative estimate of drug-likeness (QED) is 0.788. The van der Waals surface area contributed by atoms with Crippen LogP contribution in [0.2, 0.25) is 0 Å². The van der Waals surface area contributed by atoms with Gasteiger partial charge in [-0.1, -0.05) is 18.2 Å². The molecule has 0 aliphatic carbocycles. The Morgan fingerprint density at radius 2 is 2.25 bits per heavy atom. The number of rotatable bonds is 5. The van der Waals surface area contributed by atoms with E-state index in [1.165, 1.54) is 12.8 Å². The topological polar surface area (TPSA) is 41.5 Å². The van der Waals surface area contributed by atoms with Crippen LogP contribution in [-0.2, 0) is 6.42 Å². The fourth-order valence-corrected chi connectivity index (χ4v) is 2.06. The van der Waals surface area contributed by atoms with Crippen molar-refractivity contribution in [3.05, 3.63) is 29.8 Å². The van der Waals surface area contributed by atoms with E-state index in [2.05, 4.69) is 5.32 Å². The summed E-state index contributed by atoms with van der Waals surface area (Å²) in [5.74, 6) is 0.908. The average Bonchev–Trinajstić information content (AvgIpc) is 2.81. The summed E-state index contributed by atoms with van der Waals surface area (Å²) in [6.07, 6.45) is 3.10. The molecular weight excluding hydrogens is 202 g/mol. The van der Waals surface area contributed by atoms with Gasteiger partial charge in [0.2, 0.25) is 0 Å². The monoisotopic (exact) mass is 221 g/mol. The molecule has 0 bridgehead atoms. The van der Waals surface area contributed by atoms with Gasteiger partial charge in [0.25, 0.3) is 0 Å². The smallest absolute Gasteiger partial charge is 0.122 e. The van der Waals surface area contributed by atoms with Crippen LogP contribution < -0.4 is 10.1 Å². The Morgan fingerprint density at radius 3 is 3.00 bits per heavy atom. The number of aliphatic hydroxyl groups is 1. The molecule has 0 amide bonds. The summed E-state index contributed by atoms with van der Waals surface area (Å²) in [6.45, 7) is 2.00. The molecule has 2 rings (SSSR count). The number of hydrogen-bond donors (Lipinski definition) is 2. The van der Waals surface area contributed by atoms with Gasteiger partial charge in [-0.25, -0.2) is 0 Å². The van der Waals surface area contributed by atoms with Crippen LogP contribution in [0.4, 0.5) is 0 Å². The van der Waals surface area contributed by atoms with Crippen LogP contribution in [0, 0.1) is 0 Å². The van der Waals surface area contributed by atoms with Crippen molar-refractivity contribution in [3.63, 3.8) is 0 Å². The summed E-state index contributed by atoms with van der Waals surface area (Å²) in [5.41, 5.74) is 1.09. The van der Waals surface area contributed by atoms with E-state index < -0.39 is 0 Å². The number of benzene rings is 1. The maximum Gasteiger partial charge on any atom is 0.122 e. The summed E-state index contributed by atoms with van der Waals surface area (Å²) >= 11 is 0. The zero-order chi connectivity index (χ0) is 11.2. The highest BCUT2D eigenvalue weighted by atomic mass is 16.5. The van der Waals surface area contributed by atoms with Gasteiger partial charge in [-0.05, 0) is 37.4 Å². The molecule has 0 saturated carbocycles. The van der Waals surface area contributed by atoms with Crippen molar-refractivity contribution < 1.29 is 9.84 Å². The Hall–Kier alpha value is -1.06. The Bertz CT molecular complexity index is 321. The van der Waals surface area contributed by atoms with E-state index in [-0.39, 0.29) is 6.61 Å². The fourth-order valence-electron chi connectivity index (χ4n) is 2.06. The maximum absolute atomic E-state index is 8.96. The first-order valence-corrected chi connectivity index (χ1v) is 5.95. The Kier molecular flexibility index (Phi) is 4.19. The second kappa shape index (κ2) is 5.87. The standard InChI is InChI=1S/C13H19NO2/c15-9-7-11-4-1-2-6-13(11)16-10-12-5-3-8-14-12/h1-2,4,6,12,14-15H,3,5,7-10H2. The lowest BCUT2D eigenvalue weighted by Crippen LogP contribution is -2.28. The van der Waals surface area contributed by atoms with Crippen LogP contribution in [0.15, 0.2) is 24.3 Å². The number of ether oxygens (including phenoxy) is 1. The number of para-hydroxylation sites is 1. The van der Waals surface area contributed by atoms with E-state index in [4.69, 9.17) is 9.84 Å². The van der Waals surface area contributed by atoms with Crippen LogP contribution in [0.25, 0.3) is 0 Å². The van der Waals surface area contributed by atoms with Crippen LogP contribution in [-0.4, -0.2) is 30.9 Å². The second-order valence-electron chi connectivity index (χ2n) is 4.19. The zero-order valence-electron chi connectivity index (χ0n) is 9.48. The highest BCUT2D eigenvalue weighted by Gasteiger charge is 2.14. The predicted molar refractivity (Wildman–Crippen MR) is 63.8 cm³/mol. The van der Waals surface area contributed by atoms with Crippen molar-refractivity contribution in [2.45, 2.75) is 25.3 Å². The summed E-state index contributed by atoms with van der Waals surface area (Å²) in [7, 11) is 0. The van der Waals surface area contributed by atoms with Gasteiger partial charge in [-0.2, -0.15) is 0 Å². The summed E-state index contributed by atoms with van der Waals surface area (Å²) in [6, 6.07) is 8.42. The molecule has 0 aromatic heterocycles. The molecule has 1 aliphatic heterocycles. The maximum atomic E-state index is 8.96. The van der Waals surface area contributed by atoms with Gasteiger partial charge < -0.3 is 15.2 Å². The molecule has 1 aromatic rings. The summed E-state index contributed by atoms with van der Waals surface area (Å²) < 4.78 is 5.80. The highest BCUT2D eigenvalue weighted by molar-refractivity contribution is 5.33. The molecule has 1 saturated heterocycles. The van der Waals surface area contributed by atoms with Crippen LogP contribution in [0.1, 0.15) is 18.4 Å². The average molecular weight is 221 g/mol. The Labute approximate surface area is 96.4 Å². The third-order valence-electron chi connectivity index (χ3n) is 2.96. The molecule has 1 fully saturated rings. The van der Waals surface area contributed by atoms with Crippen molar-refractivity contribution in [1.29, 1.82) is 0 Å². The SMILES string of the molecule is OCCc1ccccc1OCC1CCCN1. The highest BCUT2D eigenvalue weighted by Crippen LogP contribution is 2.19. The molecule has 1 aliphatic rings. The molecule has 0 radical (unpaired) electrons. The largest absolute Gasteiger partial charge is 0.492 e. The van der Waals surface area contributed by atoms with Gasteiger partial charge in [-0.3, -0.25) is 0 Å². The lowest BCUT2D eigenvalue weighted by molar-refractivity contribution is 0.267. The second-order valence-corrected chi connectivity index (χ2v) is 4.19. The van der Waals surface area contributed by atoms with Crippen LogP contribution in [0.3, 0.4) is 0 Å². The van der Waals surface area contributed by atoms with Crippen molar-refractivity contribution in [3.8, 4) is 5.75 Å². The molecular formula is C13H19NO2. The lowest BCUT2D eigenvalue weighted by Gasteiger charge is -2.14. The normalized spacial score (nSPS) is 19.9. The number of hydrogen-bond acceptors (Lipinski definition) is 3. The molecule has 2 N–H and O–H groups in total. The third-order valence-corrected chi connectivity index (χ3v) is 2.96. The molecule has 1 heterocycles. The number of nitrogens with one attached hydrogen (secondary N) is 1. The molecule has 1 atom stereocenters. The number of aliphatic hydroxyl groups excluding tert-OH is 1. The predicted octanol–water partition coefficient (Wildman–Crippen LogP) is 1.35. The van der Waals surface area contributed by atoms with Crippen molar-refractivity contribution >= 4 is 0 Å². The van der Waals surface area contributed by atoms with E-state index in [0.29, 0.717) is 12.5 Å². The summed E-state index contributed by atoms with van der Waals surface area (Å²) in [4.78, 5) is 0. The third kappa shape index (κ3) is 2.97. The molecule has 1 aromatic carbocycles. The van der Waals surface area contributed by atoms with Gasteiger partial charge in [0, 0.05) is 12.6 Å². The first kappa shape index (κ1) is 11.4. The minimum absolute atomic E-state index is 0.169. The van der Waals surface area contributed by atoms with Gasteiger partial charge in [0.15, 0.2) is 0 Å². The first-order valence-electron chi connectivity index (χ1n) is 5.95. The Morgan fingerprint density at radius 1 is 1.38 bits per heavy atom. The minimum Gasteiger partial charge on any atom is -0.492 e. The van der Waals surface area contributed by atoms with Gasteiger partial charge in [0.05, 0.1) is 0 Å². The van der Waals surface area contributed by atoms with Crippen molar-refractivity contribution in [2.24, 2.45) is 0 Å². The van der Waals surface area contributed by atoms with Crippen molar-refractivity contribution in [1.82, 2.24) is 5.32 Å². The molecule has 3 heteroatoms. The van der Waals surface area contributed by atoms with E-state index in [1.54, 1.807) is 0 Å².